The molecule has 1 unspecified atom stereocenters. The summed E-state index contributed by atoms with van der Waals surface area (Å²) in [5.74, 6) is -0.764. The van der Waals surface area contributed by atoms with Gasteiger partial charge in [0.15, 0.2) is 0 Å². The number of nitrogens with one attached hydrogen (secondary N) is 2. The number of carbonyl (C=O) groups is 3. The van der Waals surface area contributed by atoms with Crippen LogP contribution in [0.3, 0.4) is 0 Å². The lowest BCUT2D eigenvalue weighted by molar-refractivity contribution is -0.135. The van der Waals surface area contributed by atoms with Gasteiger partial charge >= 0.3 is 6.03 Å². The molecular formula is C17H22N4O3. The number of rotatable bonds is 4. The Hall–Kier alpha value is -2.41. The lowest BCUT2D eigenvalue weighted by Crippen LogP contribution is -2.49. The normalized spacial score (nSPS) is 22.7. The van der Waals surface area contributed by atoms with E-state index in [0.717, 1.165) is 22.4 Å². The monoisotopic (exact) mass is 330 g/mol. The van der Waals surface area contributed by atoms with Crippen molar-refractivity contribution in [1.29, 1.82) is 0 Å². The van der Waals surface area contributed by atoms with E-state index in [0.29, 0.717) is 6.42 Å². The summed E-state index contributed by atoms with van der Waals surface area (Å²) in [5.41, 5.74) is 6.12. The number of urea groups is 1. The van der Waals surface area contributed by atoms with E-state index in [1.54, 1.807) is 13.8 Å². The van der Waals surface area contributed by atoms with Crippen LogP contribution < -0.4 is 16.4 Å². The molecule has 1 aliphatic heterocycles. The number of hydrogen-bond acceptors (Lipinski definition) is 4. The van der Waals surface area contributed by atoms with E-state index in [2.05, 4.69) is 10.6 Å². The zero-order chi connectivity index (χ0) is 17.5. The van der Waals surface area contributed by atoms with Gasteiger partial charge in [-0.15, -0.1) is 0 Å². The summed E-state index contributed by atoms with van der Waals surface area (Å²) in [6.07, 6.45) is 1.24. The third kappa shape index (κ3) is 2.75. The van der Waals surface area contributed by atoms with Gasteiger partial charge < -0.3 is 16.4 Å². The van der Waals surface area contributed by atoms with Crippen LogP contribution in [0.5, 0.6) is 0 Å². The minimum Gasteiger partial charge on any atom is -0.353 e. The highest BCUT2D eigenvalue weighted by Gasteiger charge is 2.55. The largest absolute Gasteiger partial charge is 0.353 e. The molecule has 128 valence electrons. The van der Waals surface area contributed by atoms with Gasteiger partial charge in [-0.2, -0.15) is 0 Å². The fourth-order valence-corrected chi connectivity index (χ4v) is 3.26. The van der Waals surface area contributed by atoms with Crippen LogP contribution >= 0.6 is 0 Å². The van der Waals surface area contributed by atoms with Crippen LogP contribution in [0.25, 0.3) is 0 Å². The second-order valence-electron chi connectivity index (χ2n) is 7.15. The number of hydrogen-bond donors (Lipinski definition) is 3. The van der Waals surface area contributed by atoms with Crippen LogP contribution in [0.1, 0.15) is 31.4 Å². The number of amides is 4. The molecule has 1 fully saturated rings. The van der Waals surface area contributed by atoms with Crippen molar-refractivity contribution in [1.82, 2.24) is 15.5 Å². The first-order chi connectivity index (χ1) is 11.2. The minimum atomic E-state index is -1.03. The van der Waals surface area contributed by atoms with Gasteiger partial charge in [0.1, 0.15) is 12.1 Å². The number of nitrogens with two attached hydrogens (primary N) is 1. The Labute approximate surface area is 140 Å². The summed E-state index contributed by atoms with van der Waals surface area (Å²) < 4.78 is 0. The van der Waals surface area contributed by atoms with Crippen molar-refractivity contribution < 1.29 is 14.4 Å². The first kappa shape index (κ1) is 16.4. The highest BCUT2D eigenvalue weighted by atomic mass is 16.2. The van der Waals surface area contributed by atoms with E-state index in [1.807, 2.05) is 24.3 Å². The van der Waals surface area contributed by atoms with E-state index >= 15 is 0 Å². The van der Waals surface area contributed by atoms with Crippen LogP contribution in [-0.4, -0.2) is 41.4 Å². The lowest BCUT2D eigenvalue weighted by atomic mass is 9.92. The standard InChI is InChI=1S/C17H22N4O3/c1-16(2,18)10-19-13(22)9-21-14(23)17(20-15(21)24)8-7-11-5-3-4-6-12(11)17/h3-6H,7-10,18H2,1-2H3,(H,19,22)(H,20,24). The third-order valence-corrected chi connectivity index (χ3v) is 4.47. The van der Waals surface area contributed by atoms with Gasteiger partial charge in [-0.25, -0.2) is 4.79 Å². The van der Waals surface area contributed by atoms with Gasteiger partial charge in [0.25, 0.3) is 5.91 Å². The number of fused-ring (bicyclic) bond motifs is 2. The maximum Gasteiger partial charge on any atom is 0.325 e. The topological polar surface area (TPSA) is 105 Å². The molecular weight excluding hydrogens is 308 g/mol. The maximum absolute atomic E-state index is 12.9. The summed E-state index contributed by atoms with van der Waals surface area (Å²) in [4.78, 5) is 38.2. The number of benzene rings is 1. The second kappa shape index (κ2) is 5.59. The quantitative estimate of drug-likeness (QED) is 0.688. The molecule has 1 atom stereocenters. The smallest absolute Gasteiger partial charge is 0.325 e. The molecule has 1 aromatic carbocycles. The molecule has 2 aliphatic rings. The summed E-state index contributed by atoms with van der Waals surface area (Å²) in [6.45, 7) is 3.53. The zero-order valence-corrected chi connectivity index (χ0v) is 13.9. The molecule has 0 saturated carbocycles. The van der Waals surface area contributed by atoms with Crippen LogP contribution in [0.15, 0.2) is 24.3 Å². The van der Waals surface area contributed by atoms with Crippen molar-refractivity contribution in [3.63, 3.8) is 0 Å². The molecule has 3 rings (SSSR count). The summed E-state index contributed by atoms with van der Waals surface area (Å²) in [6, 6.07) is 7.06. The summed E-state index contributed by atoms with van der Waals surface area (Å²) >= 11 is 0. The number of aryl methyl sites for hydroxylation is 1. The van der Waals surface area contributed by atoms with Gasteiger partial charge in [-0.3, -0.25) is 14.5 Å². The molecule has 1 saturated heterocycles. The average molecular weight is 330 g/mol. The van der Waals surface area contributed by atoms with E-state index in [9.17, 15) is 14.4 Å². The van der Waals surface area contributed by atoms with Crippen LogP contribution in [0, 0.1) is 0 Å². The van der Waals surface area contributed by atoms with Gasteiger partial charge in [0.2, 0.25) is 5.91 Å². The predicted molar refractivity (Wildman–Crippen MR) is 88.0 cm³/mol. The van der Waals surface area contributed by atoms with Crippen molar-refractivity contribution >= 4 is 17.8 Å². The molecule has 1 heterocycles. The molecule has 4 N–H and O–H groups in total. The Bertz CT molecular complexity index is 710. The number of imide groups is 1. The Kier molecular flexibility index (Phi) is 3.83. The fraction of sp³-hybridized carbons (Fsp3) is 0.471. The first-order valence-corrected chi connectivity index (χ1v) is 8.01. The van der Waals surface area contributed by atoms with Crippen molar-refractivity contribution in [2.24, 2.45) is 5.73 Å². The molecule has 1 aromatic rings. The number of nitrogens with zero attached hydrogens (tertiary/aromatic N) is 1. The van der Waals surface area contributed by atoms with Crippen molar-refractivity contribution in [2.45, 2.75) is 37.8 Å². The SMILES string of the molecule is CC(C)(N)CNC(=O)CN1C(=O)NC2(CCc3ccccc32)C1=O. The van der Waals surface area contributed by atoms with Crippen molar-refractivity contribution in [3.05, 3.63) is 35.4 Å². The Morgan fingerprint density at radius 2 is 2.08 bits per heavy atom. The zero-order valence-electron chi connectivity index (χ0n) is 13.9. The summed E-state index contributed by atoms with van der Waals surface area (Å²) in [7, 11) is 0. The molecule has 1 spiro atoms. The first-order valence-electron chi connectivity index (χ1n) is 8.01. The van der Waals surface area contributed by atoms with E-state index < -0.39 is 23.0 Å². The molecule has 24 heavy (non-hydrogen) atoms. The van der Waals surface area contributed by atoms with Gasteiger partial charge in [-0.05, 0) is 37.8 Å². The molecule has 0 bridgehead atoms. The van der Waals surface area contributed by atoms with Gasteiger partial charge in [0.05, 0.1) is 0 Å². The Morgan fingerprint density at radius 1 is 1.38 bits per heavy atom. The highest BCUT2D eigenvalue weighted by molar-refractivity contribution is 6.09. The Morgan fingerprint density at radius 3 is 2.79 bits per heavy atom. The molecule has 4 amide bonds. The molecule has 0 aromatic heterocycles. The highest BCUT2D eigenvalue weighted by Crippen LogP contribution is 2.41. The lowest BCUT2D eigenvalue weighted by Gasteiger charge is -2.22. The number of carbonyl (C=O) groups excluding carboxylic acids is 3. The van der Waals surface area contributed by atoms with Gasteiger partial charge in [-0.1, -0.05) is 24.3 Å². The van der Waals surface area contributed by atoms with Gasteiger partial charge in [0, 0.05) is 12.1 Å². The predicted octanol–water partition coefficient (Wildman–Crippen LogP) is 0.233. The van der Waals surface area contributed by atoms with Crippen molar-refractivity contribution in [2.75, 3.05) is 13.1 Å². The second-order valence-corrected chi connectivity index (χ2v) is 7.15. The minimum absolute atomic E-state index is 0.267. The molecule has 7 heteroatoms. The summed E-state index contributed by atoms with van der Waals surface area (Å²) in [5, 5.41) is 5.45. The Balaban J connectivity index is 1.75. The molecule has 1 aliphatic carbocycles. The van der Waals surface area contributed by atoms with Crippen LogP contribution in [0.2, 0.25) is 0 Å². The molecule has 0 radical (unpaired) electrons. The van der Waals surface area contributed by atoms with Crippen LogP contribution in [-0.2, 0) is 21.5 Å². The van der Waals surface area contributed by atoms with E-state index in [4.69, 9.17) is 5.73 Å². The van der Waals surface area contributed by atoms with E-state index in [1.165, 1.54) is 0 Å². The fourth-order valence-electron chi connectivity index (χ4n) is 3.26. The van der Waals surface area contributed by atoms with Crippen LogP contribution in [0.4, 0.5) is 4.79 Å². The average Bonchev–Trinajstić information content (AvgIpc) is 2.99. The maximum atomic E-state index is 12.9. The third-order valence-electron chi connectivity index (χ3n) is 4.47. The van der Waals surface area contributed by atoms with E-state index in [-0.39, 0.29) is 19.0 Å². The molecule has 7 nitrogen and oxygen atoms in total. The van der Waals surface area contributed by atoms with Crippen molar-refractivity contribution in [3.8, 4) is 0 Å².